The number of aryl methyl sites for hydroxylation is 1. The van der Waals surface area contributed by atoms with Crippen LogP contribution in [0.3, 0.4) is 0 Å². The van der Waals surface area contributed by atoms with E-state index in [0.29, 0.717) is 12.1 Å². The summed E-state index contributed by atoms with van der Waals surface area (Å²) in [5.74, 6) is 0.609. The molecule has 23 heavy (non-hydrogen) atoms. The first-order valence-electron chi connectivity index (χ1n) is 7.39. The molecule has 0 saturated heterocycles. The van der Waals surface area contributed by atoms with E-state index in [9.17, 15) is 9.18 Å². The fourth-order valence-electron chi connectivity index (χ4n) is 1.96. The molecular weight excluding hydrogens is 319 g/mol. The van der Waals surface area contributed by atoms with Gasteiger partial charge in [-0.2, -0.15) is 0 Å². The minimum atomic E-state index is -1.20. The number of thiazole rings is 1. The summed E-state index contributed by atoms with van der Waals surface area (Å²) in [6.45, 7) is 2.04. The van der Waals surface area contributed by atoms with Gasteiger partial charge in [-0.05, 0) is 31.0 Å². The number of hydrogen-bond donors (Lipinski definition) is 2. The molecule has 2 aromatic rings. The van der Waals surface area contributed by atoms with Crippen LogP contribution >= 0.6 is 11.3 Å². The topological polar surface area (TPSA) is 71.5 Å². The Balaban J connectivity index is 1.98. The van der Waals surface area contributed by atoms with Crippen molar-refractivity contribution in [1.82, 2.24) is 10.3 Å². The number of unbranched alkanes of at least 4 members (excludes halogenated alkanes) is 1. The van der Waals surface area contributed by atoms with E-state index in [1.54, 1.807) is 17.4 Å². The number of nitrogens with zero attached hydrogens (tertiary/aromatic N) is 1. The van der Waals surface area contributed by atoms with Gasteiger partial charge in [-0.15, -0.1) is 11.3 Å². The molecule has 0 saturated carbocycles. The zero-order chi connectivity index (χ0) is 16.7. The lowest BCUT2D eigenvalue weighted by molar-refractivity contribution is 0.195. The summed E-state index contributed by atoms with van der Waals surface area (Å²) >= 11 is 1.64. The van der Waals surface area contributed by atoms with Crippen molar-refractivity contribution in [2.24, 2.45) is 0 Å². The molecular formula is C16H19FN2O3S. The lowest BCUT2D eigenvalue weighted by atomic mass is 10.2. The van der Waals surface area contributed by atoms with Crippen molar-refractivity contribution >= 4 is 27.6 Å². The van der Waals surface area contributed by atoms with E-state index in [4.69, 9.17) is 9.84 Å². The number of carboxylic acid groups (broad SMARTS) is 1. The molecule has 0 aliphatic rings. The molecule has 0 aliphatic heterocycles. The molecule has 0 unspecified atom stereocenters. The zero-order valence-electron chi connectivity index (χ0n) is 12.8. The van der Waals surface area contributed by atoms with Crippen molar-refractivity contribution < 1.29 is 19.0 Å². The second-order valence-electron chi connectivity index (χ2n) is 5.06. The summed E-state index contributed by atoms with van der Waals surface area (Å²) < 4.78 is 19.3. The summed E-state index contributed by atoms with van der Waals surface area (Å²) in [5, 5.41) is 11.7. The van der Waals surface area contributed by atoms with E-state index in [1.807, 2.05) is 12.1 Å². The number of benzene rings is 1. The van der Waals surface area contributed by atoms with Crippen LogP contribution in [-0.4, -0.2) is 29.3 Å². The van der Waals surface area contributed by atoms with Crippen LogP contribution < -0.4 is 10.1 Å². The molecule has 2 rings (SSSR count). The number of aromatic nitrogens is 1. The van der Waals surface area contributed by atoms with Gasteiger partial charge in [-0.3, -0.25) is 0 Å². The van der Waals surface area contributed by atoms with Crippen LogP contribution in [0.5, 0.6) is 5.75 Å². The van der Waals surface area contributed by atoms with Crippen molar-refractivity contribution in [3.8, 4) is 5.75 Å². The van der Waals surface area contributed by atoms with Crippen LogP contribution in [0.25, 0.3) is 10.2 Å². The molecule has 0 radical (unpaired) electrons. The highest BCUT2D eigenvalue weighted by molar-refractivity contribution is 7.18. The van der Waals surface area contributed by atoms with Gasteiger partial charge in [0.25, 0.3) is 0 Å². The second kappa shape index (κ2) is 8.47. The molecule has 0 atom stereocenters. The molecule has 2 N–H and O–H groups in total. The molecule has 0 bridgehead atoms. The molecule has 5 nitrogen and oxygen atoms in total. The van der Waals surface area contributed by atoms with Crippen molar-refractivity contribution in [1.29, 1.82) is 0 Å². The van der Waals surface area contributed by atoms with Gasteiger partial charge in [-0.1, -0.05) is 13.3 Å². The first-order valence-corrected chi connectivity index (χ1v) is 8.21. The predicted molar refractivity (Wildman–Crippen MR) is 88.9 cm³/mol. The number of amides is 1. The summed E-state index contributed by atoms with van der Waals surface area (Å²) in [6.07, 6.45) is 2.39. The predicted octanol–water partition coefficient (Wildman–Crippen LogP) is 4.14. The van der Waals surface area contributed by atoms with Gasteiger partial charge in [0.1, 0.15) is 12.4 Å². The molecule has 124 valence electrons. The number of halogens is 1. The molecule has 1 amide bonds. The van der Waals surface area contributed by atoms with Gasteiger partial charge in [0, 0.05) is 12.1 Å². The Bertz CT molecular complexity index is 700. The lowest BCUT2D eigenvalue weighted by Crippen LogP contribution is -2.25. The van der Waals surface area contributed by atoms with Gasteiger partial charge in [0.2, 0.25) is 0 Å². The standard InChI is InChI=1S/C16H19FN2O3S/c1-2-3-4-15-19-13-6-5-12(7-14(13)23-15)22-10-11(8-17)9-18-16(20)21/h5-8,18H,2-4,9-10H2,1H3,(H,20,21)/b11-8+. The molecule has 7 heteroatoms. The number of nitrogens with one attached hydrogen (secondary N) is 1. The van der Waals surface area contributed by atoms with E-state index in [0.717, 1.165) is 34.5 Å². The number of fused-ring (bicyclic) bond motifs is 1. The number of carbonyl (C=O) groups is 1. The normalized spacial score (nSPS) is 11.7. The van der Waals surface area contributed by atoms with Crippen LogP contribution in [-0.2, 0) is 6.42 Å². The molecule has 1 aromatic carbocycles. The van der Waals surface area contributed by atoms with Crippen molar-refractivity contribution in [3.63, 3.8) is 0 Å². The monoisotopic (exact) mass is 338 g/mol. The van der Waals surface area contributed by atoms with E-state index < -0.39 is 6.09 Å². The molecule has 1 aromatic heterocycles. The fraction of sp³-hybridized carbons (Fsp3) is 0.375. The summed E-state index contributed by atoms with van der Waals surface area (Å²) in [7, 11) is 0. The Morgan fingerprint density at radius 1 is 1.52 bits per heavy atom. The first-order chi connectivity index (χ1) is 11.1. The van der Waals surface area contributed by atoms with E-state index in [-0.39, 0.29) is 18.7 Å². The molecule has 1 heterocycles. The summed E-state index contributed by atoms with van der Waals surface area (Å²) in [4.78, 5) is 15.0. The Morgan fingerprint density at radius 3 is 3.04 bits per heavy atom. The third-order valence-electron chi connectivity index (χ3n) is 3.19. The highest BCUT2D eigenvalue weighted by Gasteiger charge is 2.07. The Morgan fingerprint density at radius 2 is 2.35 bits per heavy atom. The van der Waals surface area contributed by atoms with Crippen LogP contribution in [0, 0.1) is 0 Å². The van der Waals surface area contributed by atoms with Crippen molar-refractivity contribution in [3.05, 3.63) is 35.1 Å². The minimum absolute atomic E-state index is 0.0101. The molecule has 0 aliphatic carbocycles. The zero-order valence-corrected chi connectivity index (χ0v) is 13.7. The van der Waals surface area contributed by atoms with Gasteiger partial charge >= 0.3 is 6.09 Å². The first kappa shape index (κ1) is 17.2. The number of hydrogen-bond acceptors (Lipinski definition) is 4. The van der Waals surface area contributed by atoms with E-state index in [1.165, 1.54) is 0 Å². The number of ether oxygens (including phenoxy) is 1. The maximum Gasteiger partial charge on any atom is 0.404 e. The average Bonchev–Trinajstić information content (AvgIpc) is 2.94. The van der Waals surface area contributed by atoms with E-state index >= 15 is 0 Å². The minimum Gasteiger partial charge on any atom is -0.489 e. The van der Waals surface area contributed by atoms with Gasteiger partial charge in [-0.25, -0.2) is 14.2 Å². The smallest absolute Gasteiger partial charge is 0.404 e. The molecule has 0 fully saturated rings. The van der Waals surface area contributed by atoms with Crippen molar-refractivity contribution in [2.45, 2.75) is 26.2 Å². The van der Waals surface area contributed by atoms with Gasteiger partial charge in [0.05, 0.1) is 21.6 Å². The van der Waals surface area contributed by atoms with Crippen LogP contribution in [0.15, 0.2) is 30.1 Å². The van der Waals surface area contributed by atoms with Crippen LogP contribution in [0.4, 0.5) is 9.18 Å². The Hall–Kier alpha value is -2.15. The largest absolute Gasteiger partial charge is 0.489 e. The Labute approximate surface area is 137 Å². The van der Waals surface area contributed by atoms with Gasteiger partial charge < -0.3 is 15.2 Å². The van der Waals surface area contributed by atoms with Gasteiger partial charge in [0.15, 0.2) is 0 Å². The Kier molecular flexibility index (Phi) is 6.34. The number of rotatable bonds is 8. The average molecular weight is 338 g/mol. The summed E-state index contributed by atoms with van der Waals surface area (Å²) in [5.41, 5.74) is 1.16. The molecule has 0 spiro atoms. The maximum absolute atomic E-state index is 12.7. The summed E-state index contributed by atoms with van der Waals surface area (Å²) in [6, 6.07) is 5.54. The quantitative estimate of drug-likeness (QED) is 0.759. The fourth-order valence-corrected chi connectivity index (χ4v) is 3.00. The maximum atomic E-state index is 12.7. The van der Waals surface area contributed by atoms with E-state index in [2.05, 4.69) is 17.2 Å². The highest BCUT2D eigenvalue weighted by Crippen LogP contribution is 2.27. The van der Waals surface area contributed by atoms with Crippen LogP contribution in [0.1, 0.15) is 24.8 Å². The second-order valence-corrected chi connectivity index (χ2v) is 6.17. The SMILES string of the molecule is CCCCc1nc2ccc(OC/C(=C/F)CNC(=O)O)cc2s1. The third kappa shape index (κ3) is 5.21. The third-order valence-corrected chi connectivity index (χ3v) is 4.27. The van der Waals surface area contributed by atoms with Crippen molar-refractivity contribution in [2.75, 3.05) is 13.2 Å². The lowest BCUT2D eigenvalue weighted by Gasteiger charge is -2.08. The highest BCUT2D eigenvalue weighted by atomic mass is 32.1. The van der Waals surface area contributed by atoms with Crippen LogP contribution in [0.2, 0.25) is 0 Å².